The molecule has 1 unspecified atom stereocenters. The molecule has 1 N–H and O–H groups in total. The second-order valence-electron chi connectivity index (χ2n) is 4.34. The molecule has 1 aliphatic carbocycles. The molecular formula is C11H17NS. The highest BCUT2D eigenvalue weighted by Gasteiger charge is 2.42. The van der Waals surface area contributed by atoms with Crippen LogP contribution in [0.3, 0.4) is 0 Å². The molecule has 1 saturated carbocycles. The highest BCUT2D eigenvalue weighted by atomic mass is 32.1. The summed E-state index contributed by atoms with van der Waals surface area (Å²) < 4.78 is 0. The van der Waals surface area contributed by atoms with Crippen LogP contribution in [0.2, 0.25) is 0 Å². The number of hydrogen-bond acceptors (Lipinski definition) is 2. The van der Waals surface area contributed by atoms with Crippen molar-refractivity contribution in [3.63, 3.8) is 0 Å². The molecule has 1 aliphatic rings. The van der Waals surface area contributed by atoms with Crippen molar-refractivity contribution >= 4 is 11.3 Å². The largest absolute Gasteiger partial charge is 0.309 e. The Labute approximate surface area is 84.2 Å². The van der Waals surface area contributed by atoms with E-state index in [2.05, 4.69) is 36.7 Å². The van der Waals surface area contributed by atoms with Gasteiger partial charge in [-0.2, -0.15) is 0 Å². The molecule has 0 aliphatic heterocycles. The highest BCUT2D eigenvalue weighted by Crippen LogP contribution is 2.47. The van der Waals surface area contributed by atoms with Gasteiger partial charge in [0.05, 0.1) is 0 Å². The molecule has 1 nitrogen and oxygen atoms in total. The molecule has 0 aromatic carbocycles. The van der Waals surface area contributed by atoms with Gasteiger partial charge in [0.25, 0.3) is 0 Å². The smallest absolute Gasteiger partial charge is 0.0302 e. The first-order valence-electron chi connectivity index (χ1n) is 4.96. The molecule has 0 amide bonds. The lowest BCUT2D eigenvalue weighted by atomic mass is 10.0. The maximum absolute atomic E-state index is 3.60. The van der Waals surface area contributed by atoms with Gasteiger partial charge >= 0.3 is 0 Å². The number of hydrogen-bond donors (Lipinski definition) is 1. The number of thiophene rings is 1. The van der Waals surface area contributed by atoms with E-state index in [0.29, 0.717) is 11.5 Å². The van der Waals surface area contributed by atoms with Crippen LogP contribution < -0.4 is 5.32 Å². The van der Waals surface area contributed by atoms with Crippen molar-refractivity contribution in [3.05, 3.63) is 22.4 Å². The van der Waals surface area contributed by atoms with Gasteiger partial charge in [-0.15, -0.1) is 11.3 Å². The summed E-state index contributed by atoms with van der Waals surface area (Å²) in [7, 11) is 0. The third kappa shape index (κ3) is 2.12. The van der Waals surface area contributed by atoms with Crippen LogP contribution in [-0.4, -0.2) is 6.04 Å². The van der Waals surface area contributed by atoms with Crippen LogP contribution in [0.25, 0.3) is 0 Å². The molecule has 72 valence electrons. The summed E-state index contributed by atoms with van der Waals surface area (Å²) in [5.74, 6) is 0. The van der Waals surface area contributed by atoms with Crippen molar-refractivity contribution in [2.24, 2.45) is 5.41 Å². The van der Waals surface area contributed by atoms with Crippen LogP contribution >= 0.6 is 11.3 Å². The monoisotopic (exact) mass is 195 g/mol. The van der Waals surface area contributed by atoms with Crippen LogP contribution in [0.5, 0.6) is 0 Å². The van der Waals surface area contributed by atoms with Crippen molar-refractivity contribution < 1.29 is 0 Å². The van der Waals surface area contributed by atoms with Gasteiger partial charge in [0.2, 0.25) is 0 Å². The first kappa shape index (κ1) is 9.22. The fourth-order valence-electron chi connectivity index (χ4n) is 1.54. The summed E-state index contributed by atoms with van der Waals surface area (Å²) in [6.07, 6.45) is 2.79. The summed E-state index contributed by atoms with van der Waals surface area (Å²) in [6, 6.07) is 4.97. The van der Waals surface area contributed by atoms with E-state index < -0.39 is 0 Å². The van der Waals surface area contributed by atoms with Crippen molar-refractivity contribution in [1.29, 1.82) is 0 Å². The van der Waals surface area contributed by atoms with E-state index >= 15 is 0 Å². The first-order valence-corrected chi connectivity index (χ1v) is 5.84. The second-order valence-corrected chi connectivity index (χ2v) is 5.37. The maximum Gasteiger partial charge on any atom is 0.0302 e. The zero-order chi connectivity index (χ0) is 9.31. The van der Waals surface area contributed by atoms with E-state index in [9.17, 15) is 0 Å². The Bertz CT molecular complexity index is 262. The van der Waals surface area contributed by atoms with E-state index in [4.69, 9.17) is 0 Å². The lowest BCUT2D eigenvalue weighted by Crippen LogP contribution is -2.32. The Morgan fingerprint density at radius 1 is 1.62 bits per heavy atom. The Morgan fingerprint density at radius 3 is 2.92 bits per heavy atom. The van der Waals surface area contributed by atoms with E-state index in [1.165, 1.54) is 17.7 Å². The highest BCUT2D eigenvalue weighted by molar-refractivity contribution is 7.09. The van der Waals surface area contributed by atoms with E-state index in [0.717, 1.165) is 6.54 Å². The normalized spacial score (nSPS) is 21.4. The molecule has 1 aromatic heterocycles. The Kier molecular flexibility index (Phi) is 2.43. The predicted molar refractivity (Wildman–Crippen MR) is 58.0 cm³/mol. The maximum atomic E-state index is 3.60. The minimum Gasteiger partial charge on any atom is -0.309 e. The van der Waals surface area contributed by atoms with Gasteiger partial charge in [-0.05, 0) is 36.6 Å². The minimum atomic E-state index is 0.595. The van der Waals surface area contributed by atoms with Crippen molar-refractivity contribution in [1.82, 2.24) is 5.32 Å². The number of nitrogens with one attached hydrogen (secondary N) is 1. The van der Waals surface area contributed by atoms with Gasteiger partial charge in [0.1, 0.15) is 0 Å². The topological polar surface area (TPSA) is 12.0 Å². The van der Waals surface area contributed by atoms with Crippen LogP contribution in [0, 0.1) is 5.41 Å². The average Bonchev–Trinajstić information content (AvgIpc) is 2.70. The fraction of sp³-hybridized carbons (Fsp3) is 0.636. The molecular weight excluding hydrogens is 178 g/mol. The summed E-state index contributed by atoms with van der Waals surface area (Å²) in [6.45, 7) is 5.72. The molecule has 2 rings (SSSR count). The lowest BCUT2D eigenvalue weighted by Gasteiger charge is -2.19. The summed E-state index contributed by atoms with van der Waals surface area (Å²) in [5, 5.41) is 5.74. The quantitative estimate of drug-likeness (QED) is 0.778. The molecule has 1 heterocycles. The first-order chi connectivity index (χ1) is 6.21. The SMILES string of the molecule is CC(NCc1cccs1)C1(C)CC1. The summed E-state index contributed by atoms with van der Waals surface area (Å²) in [5.41, 5.74) is 0.595. The molecule has 13 heavy (non-hydrogen) atoms. The zero-order valence-electron chi connectivity index (χ0n) is 8.34. The van der Waals surface area contributed by atoms with Gasteiger partial charge in [-0.3, -0.25) is 0 Å². The number of rotatable bonds is 4. The van der Waals surface area contributed by atoms with Crippen molar-refractivity contribution in [2.45, 2.75) is 39.3 Å². The fourth-order valence-corrected chi connectivity index (χ4v) is 2.20. The van der Waals surface area contributed by atoms with Crippen LogP contribution in [0.4, 0.5) is 0 Å². The Morgan fingerprint density at radius 2 is 2.38 bits per heavy atom. The van der Waals surface area contributed by atoms with Crippen molar-refractivity contribution in [2.75, 3.05) is 0 Å². The molecule has 0 saturated heterocycles. The molecule has 2 heteroatoms. The molecule has 0 bridgehead atoms. The van der Waals surface area contributed by atoms with E-state index in [-0.39, 0.29) is 0 Å². The molecule has 1 atom stereocenters. The van der Waals surface area contributed by atoms with Gasteiger partial charge in [0.15, 0.2) is 0 Å². The second kappa shape index (κ2) is 3.43. The summed E-state index contributed by atoms with van der Waals surface area (Å²) in [4.78, 5) is 1.44. The van der Waals surface area contributed by atoms with Gasteiger partial charge < -0.3 is 5.32 Å². The van der Waals surface area contributed by atoms with Gasteiger partial charge in [-0.1, -0.05) is 13.0 Å². The zero-order valence-corrected chi connectivity index (χ0v) is 9.16. The van der Waals surface area contributed by atoms with E-state index in [1.807, 2.05) is 11.3 Å². The average molecular weight is 195 g/mol. The van der Waals surface area contributed by atoms with Crippen LogP contribution in [0.1, 0.15) is 31.6 Å². The van der Waals surface area contributed by atoms with Gasteiger partial charge in [-0.25, -0.2) is 0 Å². The standard InChI is InChI=1S/C11H17NS/c1-9(11(2)5-6-11)12-8-10-4-3-7-13-10/h3-4,7,9,12H,5-6,8H2,1-2H3. The Hall–Kier alpha value is -0.340. The third-order valence-corrected chi connectivity index (χ3v) is 4.12. The predicted octanol–water partition coefficient (Wildman–Crippen LogP) is 3.03. The Balaban J connectivity index is 1.79. The lowest BCUT2D eigenvalue weighted by molar-refractivity contribution is 0.381. The van der Waals surface area contributed by atoms with Crippen LogP contribution in [0.15, 0.2) is 17.5 Å². The van der Waals surface area contributed by atoms with Gasteiger partial charge in [0, 0.05) is 17.5 Å². The molecule has 1 aromatic rings. The van der Waals surface area contributed by atoms with E-state index in [1.54, 1.807) is 0 Å². The molecule has 1 fully saturated rings. The minimum absolute atomic E-state index is 0.595. The summed E-state index contributed by atoms with van der Waals surface area (Å²) >= 11 is 1.83. The van der Waals surface area contributed by atoms with Crippen LogP contribution in [-0.2, 0) is 6.54 Å². The third-order valence-electron chi connectivity index (χ3n) is 3.25. The van der Waals surface area contributed by atoms with Crippen molar-refractivity contribution in [3.8, 4) is 0 Å². The molecule has 0 spiro atoms. The molecule has 0 radical (unpaired) electrons.